The smallest absolute Gasteiger partial charge is 1.00 e. The minimum absolute atomic E-state index is 0. The molecule has 2 aliphatic rings. The van der Waals surface area contributed by atoms with Gasteiger partial charge in [0, 0.05) is 8.07 Å². The topological polar surface area (TPSA) is 0 Å². The second kappa shape index (κ2) is 11.4. The maximum atomic E-state index is 3.75. The summed E-state index contributed by atoms with van der Waals surface area (Å²) in [6.07, 6.45) is 7.50. The summed E-state index contributed by atoms with van der Waals surface area (Å²) in [6, 6.07) is 22.5. The van der Waals surface area contributed by atoms with Gasteiger partial charge in [-0.3, -0.25) is 12.2 Å². The van der Waals surface area contributed by atoms with Crippen molar-refractivity contribution in [3.05, 3.63) is 106 Å². The van der Waals surface area contributed by atoms with Crippen LogP contribution in [0.5, 0.6) is 0 Å². The fraction of sp³-hybridized carbons (Fsp3) is 0.286. The number of allylic oxidation sites excluding steroid dienone is 8. The van der Waals surface area contributed by atoms with Gasteiger partial charge in [-0.05, 0) is 0 Å². The molecule has 0 saturated heterocycles. The summed E-state index contributed by atoms with van der Waals surface area (Å²) in [5.41, 5.74) is 5.63. The average Bonchev–Trinajstić information content (AvgIpc) is 3.13. The first-order valence-corrected chi connectivity index (χ1v) is 12.6. The summed E-state index contributed by atoms with van der Waals surface area (Å²) in [4.78, 5) is 0. The van der Waals surface area contributed by atoms with Gasteiger partial charge in [-0.1, -0.05) is 124 Å². The zero-order chi connectivity index (χ0) is 20.8. The summed E-state index contributed by atoms with van der Waals surface area (Å²) in [6.45, 7) is 13.8. The first-order chi connectivity index (χ1) is 13.9. The van der Waals surface area contributed by atoms with Gasteiger partial charge in [-0.2, -0.15) is 21.5 Å². The van der Waals surface area contributed by atoms with E-state index in [1.165, 1.54) is 32.7 Å². The molecule has 2 aliphatic carbocycles. The summed E-state index contributed by atoms with van der Waals surface area (Å²) < 4.78 is 0. The molecule has 4 rings (SSSR count). The van der Waals surface area contributed by atoms with Crippen LogP contribution in [0, 0.1) is 24.0 Å². The summed E-state index contributed by atoms with van der Waals surface area (Å²) in [5.74, 6) is 0.745. The Morgan fingerprint density at radius 1 is 0.594 bits per heavy atom. The van der Waals surface area contributed by atoms with Crippen LogP contribution >= 0.6 is 0 Å². The molecule has 0 nitrogen and oxygen atoms in total. The third-order valence-corrected chi connectivity index (χ3v) is 12.3. The predicted octanol–water partition coefficient (Wildman–Crippen LogP) is -0.235. The van der Waals surface area contributed by atoms with E-state index in [0.29, 0.717) is 11.8 Å². The minimum Gasteiger partial charge on any atom is -1.00 e. The predicted molar refractivity (Wildman–Crippen MR) is 126 cm³/mol. The van der Waals surface area contributed by atoms with Crippen LogP contribution < -0.4 is 35.2 Å². The first kappa shape index (κ1) is 28.9. The molecule has 0 spiro atoms. The molecule has 164 valence electrons. The van der Waals surface area contributed by atoms with Crippen molar-refractivity contribution in [1.82, 2.24) is 0 Å². The third kappa shape index (κ3) is 4.48. The fourth-order valence-electron chi connectivity index (χ4n) is 5.43. The standard InChI is InChI=1S/C28H30Si.2ClH.Ti/c1-19-17-21(3)27(23(19)5)29(25-13-9-7-10-14-25,26-15-11-8-12-16-26)28-22(4)18-20(2)24(28)6;;;/h7-16,19-20H,1-6H3;2*1H;/q-2;;;+4/p-2. The van der Waals surface area contributed by atoms with E-state index in [0.717, 1.165) is 0 Å². The zero-order valence-electron chi connectivity index (χ0n) is 19.7. The van der Waals surface area contributed by atoms with Crippen molar-refractivity contribution < 1.29 is 46.5 Å². The summed E-state index contributed by atoms with van der Waals surface area (Å²) in [7, 11) is -2.46. The van der Waals surface area contributed by atoms with Gasteiger partial charge in [-0.25, -0.2) is 11.1 Å². The van der Waals surface area contributed by atoms with Gasteiger partial charge in [0.25, 0.3) is 0 Å². The van der Waals surface area contributed by atoms with E-state index in [2.05, 4.69) is 114 Å². The van der Waals surface area contributed by atoms with E-state index >= 15 is 0 Å². The van der Waals surface area contributed by atoms with E-state index in [-0.39, 0.29) is 46.5 Å². The Morgan fingerprint density at radius 2 is 0.906 bits per heavy atom. The van der Waals surface area contributed by atoms with Gasteiger partial charge >= 0.3 is 21.7 Å². The Morgan fingerprint density at radius 3 is 1.16 bits per heavy atom. The molecule has 0 N–H and O–H groups in total. The molecule has 0 saturated carbocycles. The molecule has 0 heterocycles. The van der Waals surface area contributed by atoms with Crippen LogP contribution in [0.1, 0.15) is 41.5 Å². The second-order valence-corrected chi connectivity index (χ2v) is 12.2. The van der Waals surface area contributed by atoms with Crippen molar-refractivity contribution in [3.63, 3.8) is 0 Å². The number of hydrogen-bond acceptors (Lipinski definition) is 0. The van der Waals surface area contributed by atoms with Crippen molar-refractivity contribution >= 4 is 18.4 Å². The summed E-state index contributed by atoms with van der Waals surface area (Å²) >= 11 is 0. The van der Waals surface area contributed by atoms with Gasteiger partial charge in [0.1, 0.15) is 0 Å². The van der Waals surface area contributed by atoms with Gasteiger partial charge in [0.15, 0.2) is 0 Å². The Labute approximate surface area is 222 Å². The molecule has 0 amide bonds. The van der Waals surface area contributed by atoms with E-state index in [9.17, 15) is 0 Å². The average molecular weight is 513 g/mol. The van der Waals surface area contributed by atoms with Crippen LogP contribution in [0.2, 0.25) is 0 Å². The largest absolute Gasteiger partial charge is 4.00 e. The molecule has 4 heteroatoms. The van der Waals surface area contributed by atoms with Gasteiger partial charge in [0.2, 0.25) is 0 Å². The van der Waals surface area contributed by atoms with Crippen molar-refractivity contribution in [2.45, 2.75) is 41.5 Å². The van der Waals surface area contributed by atoms with Crippen LogP contribution in [-0.4, -0.2) is 8.07 Å². The fourth-order valence-corrected chi connectivity index (χ4v) is 11.4. The van der Waals surface area contributed by atoms with Crippen molar-refractivity contribution in [3.8, 4) is 0 Å². The Hall–Kier alpha value is -1.09. The van der Waals surface area contributed by atoms with Crippen molar-refractivity contribution in [2.24, 2.45) is 11.8 Å². The molecule has 2 atom stereocenters. The van der Waals surface area contributed by atoms with Gasteiger partial charge < -0.3 is 24.8 Å². The number of hydrogen-bond donors (Lipinski definition) is 0. The van der Waals surface area contributed by atoms with Crippen LogP contribution in [-0.2, 0) is 21.7 Å². The Kier molecular flexibility index (Phi) is 10.3. The SMILES string of the molecule is CC1=[C-]C(C)C(C)=C1[Si](C1=C(C)C(C)[C-]=C1C)(c1ccccc1)c1ccccc1.[Cl-].[Cl-].[Ti+4]. The molecule has 0 aliphatic heterocycles. The monoisotopic (exact) mass is 512 g/mol. The molecular formula is C28H30Cl2SiTi. The second-order valence-electron chi connectivity index (χ2n) is 8.58. The molecule has 0 aromatic heterocycles. The zero-order valence-corrected chi connectivity index (χ0v) is 23.8. The summed E-state index contributed by atoms with van der Waals surface area (Å²) in [5, 5.41) is 6.01. The van der Waals surface area contributed by atoms with E-state index in [1.54, 1.807) is 10.4 Å². The maximum Gasteiger partial charge on any atom is 4.00 e. The number of rotatable bonds is 4. The quantitative estimate of drug-likeness (QED) is 0.392. The molecule has 0 radical (unpaired) electrons. The Bertz CT molecular complexity index is 978. The van der Waals surface area contributed by atoms with Crippen LogP contribution in [0.15, 0.2) is 93.3 Å². The molecule has 0 fully saturated rings. The van der Waals surface area contributed by atoms with Gasteiger partial charge in [0.05, 0.1) is 0 Å². The minimum atomic E-state index is -2.46. The maximum absolute atomic E-state index is 3.75. The third-order valence-electron chi connectivity index (χ3n) is 6.87. The van der Waals surface area contributed by atoms with Crippen molar-refractivity contribution in [1.29, 1.82) is 0 Å². The molecule has 2 unspecified atom stereocenters. The van der Waals surface area contributed by atoms with E-state index in [1.807, 2.05) is 0 Å². The van der Waals surface area contributed by atoms with Crippen LogP contribution in [0.25, 0.3) is 0 Å². The van der Waals surface area contributed by atoms with Crippen LogP contribution in [0.4, 0.5) is 0 Å². The number of benzene rings is 2. The number of halogens is 2. The molecule has 32 heavy (non-hydrogen) atoms. The van der Waals surface area contributed by atoms with E-state index in [4.69, 9.17) is 0 Å². The molecular weight excluding hydrogens is 483 g/mol. The van der Waals surface area contributed by atoms with Crippen LogP contribution in [0.3, 0.4) is 0 Å². The van der Waals surface area contributed by atoms with Crippen molar-refractivity contribution in [2.75, 3.05) is 0 Å². The Balaban J connectivity index is 0.00000171. The molecule has 0 bridgehead atoms. The normalized spacial score (nSPS) is 20.2. The van der Waals surface area contributed by atoms with Gasteiger partial charge in [-0.15, -0.1) is 0 Å². The molecule has 2 aromatic rings. The van der Waals surface area contributed by atoms with E-state index < -0.39 is 8.07 Å². The molecule has 2 aromatic carbocycles. The first-order valence-electron chi connectivity index (χ1n) is 10.6.